The molecule has 0 unspecified atom stereocenters. The quantitative estimate of drug-likeness (QED) is 0.0640. The van der Waals surface area contributed by atoms with Crippen molar-refractivity contribution in [3.05, 3.63) is 120 Å². The third kappa shape index (κ3) is 7.81. The number of fused-ring (bicyclic) bond motifs is 2. The van der Waals surface area contributed by atoms with Gasteiger partial charge >= 0.3 is 0 Å². The Bertz CT molecular complexity index is 2140. The first kappa shape index (κ1) is 35.0. The third-order valence-electron chi connectivity index (χ3n) is 8.73. The molecule has 4 aromatic carbocycles. The molecule has 0 aliphatic heterocycles. The molecule has 0 saturated carbocycles. The number of nitrogens with one attached hydrogen (secondary N) is 2. The van der Waals surface area contributed by atoms with Gasteiger partial charge in [0.2, 0.25) is 0 Å². The molecule has 12 heteroatoms. The van der Waals surface area contributed by atoms with Gasteiger partial charge in [-0.25, -0.2) is 10.0 Å². The van der Waals surface area contributed by atoms with Crippen LogP contribution in [0.2, 0.25) is 0 Å². The van der Waals surface area contributed by atoms with Gasteiger partial charge < -0.3 is 39.9 Å². The van der Waals surface area contributed by atoms with Crippen LogP contribution in [0.5, 0.6) is 34.5 Å². The number of carbonyl (C=O) groups excluding carboxylic acids is 2. The molecule has 6 N–H and O–H groups in total. The van der Waals surface area contributed by atoms with E-state index in [0.717, 1.165) is 32.9 Å². The number of hydrogen-bond acceptors (Lipinski definition) is 8. The minimum atomic E-state index is -0.471. The summed E-state index contributed by atoms with van der Waals surface area (Å²) in [5, 5.41) is 44.6. The summed E-state index contributed by atoms with van der Waals surface area (Å²) in [4.78, 5) is 34.7. The summed E-state index contributed by atoms with van der Waals surface area (Å²) in [5.74, 6) is -0.285. The van der Waals surface area contributed by atoms with E-state index in [4.69, 9.17) is 9.47 Å². The maximum Gasteiger partial charge on any atom is 0.265 e. The second-order valence-electron chi connectivity index (χ2n) is 12.0. The van der Waals surface area contributed by atoms with E-state index in [1.54, 1.807) is 72.8 Å². The molecule has 2 heterocycles. The van der Waals surface area contributed by atoms with Crippen molar-refractivity contribution in [2.75, 3.05) is 27.3 Å². The molecule has 0 spiro atoms. The molecule has 266 valence electrons. The molecule has 0 fully saturated rings. The first-order chi connectivity index (χ1) is 25.1. The van der Waals surface area contributed by atoms with Gasteiger partial charge in [-0.3, -0.25) is 9.59 Å². The summed E-state index contributed by atoms with van der Waals surface area (Å²) in [6.07, 6.45) is 10.3. The van der Waals surface area contributed by atoms with E-state index in [-0.39, 0.29) is 47.6 Å². The van der Waals surface area contributed by atoms with Crippen molar-refractivity contribution < 1.29 is 39.5 Å². The average molecular weight is 703 g/mol. The number of rotatable bonds is 12. The van der Waals surface area contributed by atoms with Gasteiger partial charge in [0.15, 0.2) is 23.0 Å². The molecule has 0 saturated heterocycles. The number of benzene rings is 4. The fourth-order valence-corrected chi connectivity index (χ4v) is 6.02. The van der Waals surface area contributed by atoms with Crippen LogP contribution >= 0.6 is 0 Å². The highest BCUT2D eigenvalue weighted by atomic mass is 16.5. The van der Waals surface area contributed by atoms with Crippen LogP contribution in [0.15, 0.2) is 97.3 Å². The molecular weight excluding hydrogens is 664 g/mol. The van der Waals surface area contributed by atoms with Crippen molar-refractivity contribution in [2.24, 2.45) is 0 Å². The van der Waals surface area contributed by atoms with Gasteiger partial charge in [0.25, 0.3) is 11.8 Å². The van der Waals surface area contributed by atoms with E-state index in [1.807, 2.05) is 12.4 Å². The zero-order chi connectivity index (χ0) is 36.8. The molecule has 6 aromatic rings. The molecule has 6 rings (SSSR count). The largest absolute Gasteiger partial charge is 0.508 e. The number of nitrogens with zero attached hydrogens (tertiary/aromatic N) is 2. The Labute approximate surface area is 299 Å². The monoisotopic (exact) mass is 702 g/mol. The van der Waals surface area contributed by atoms with Gasteiger partial charge in [-0.1, -0.05) is 12.1 Å². The summed E-state index contributed by atoms with van der Waals surface area (Å²) in [6.45, 7) is 0.231. The van der Waals surface area contributed by atoms with Crippen LogP contribution in [0, 0.1) is 0 Å². The highest BCUT2D eigenvalue weighted by molar-refractivity contribution is 5.97. The summed E-state index contributed by atoms with van der Waals surface area (Å²) in [6, 6.07) is 19.4. The van der Waals surface area contributed by atoms with Crippen molar-refractivity contribution in [3.63, 3.8) is 0 Å². The summed E-state index contributed by atoms with van der Waals surface area (Å²) in [7, 11) is 2.87. The van der Waals surface area contributed by atoms with E-state index in [2.05, 4.69) is 9.97 Å². The second-order valence-corrected chi connectivity index (χ2v) is 12.0. The predicted octanol–water partition coefficient (Wildman–Crippen LogP) is 6.27. The SMILES string of the molecule is COc1cc(/C=C/C(=O)N(CCc2c[nH]c3cc(O)ccc23)N(CCc2c[nH]c3cc(O)ccc23)C(=O)/C=C/c2ccc(O)c(OC)c2)ccc1O. The zero-order valence-electron chi connectivity index (χ0n) is 28.5. The maximum absolute atomic E-state index is 14.2. The number of amides is 2. The Morgan fingerprint density at radius 3 is 1.44 bits per heavy atom. The molecule has 0 aliphatic carbocycles. The maximum atomic E-state index is 14.2. The smallest absolute Gasteiger partial charge is 0.265 e. The van der Waals surface area contributed by atoms with Crippen LogP contribution in [0.3, 0.4) is 0 Å². The fourth-order valence-electron chi connectivity index (χ4n) is 6.02. The number of phenols is 4. The molecule has 2 aromatic heterocycles. The van der Waals surface area contributed by atoms with Crippen LogP contribution in [0.25, 0.3) is 34.0 Å². The standard InChI is InChI=1S/C40H38N4O8/c1-51-37-19-25(3-11-35(37)47)5-13-39(49)43(17-15-27-23-41-33-21-29(45)7-9-31(27)33)44(18-16-28-24-42-34-22-30(46)8-10-32(28)34)40(50)14-6-26-4-12-36(48)38(20-26)52-2/h3-14,19-24,41-42,45-48H,15-18H2,1-2H3/b13-5+,14-6+. The number of phenolic OH excluding ortho intramolecular Hbond substituents is 4. The van der Waals surface area contributed by atoms with E-state index >= 15 is 0 Å². The molecule has 12 nitrogen and oxygen atoms in total. The van der Waals surface area contributed by atoms with Crippen molar-refractivity contribution in [3.8, 4) is 34.5 Å². The number of methoxy groups -OCH3 is 2. The van der Waals surface area contributed by atoms with Crippen LogP contribution < -0.4 is 9.47 Å². The second kappa shape index (κ2) is 15.4. The van der Waals surface area contributed by atoms with Gasteiger partial charge in [0, 0.05) is 71.6 Å². The van der Waals surface area contributed by atoms with E-state index < -0.39 is 11.8 Å². The van der Waals surface area contributed by atoms with Gasteiger partial charge in [-0.15, -0.1) is 0 Å². The molecular formula is C40H38N4O8. The van der Waals surface area contributed by atoms with Crippen LogP contribution in [0.4, 0.5) is 0 Å². The molecule has 0 atom stereocenters. The normalized spacial score (nSPS) is 11.5. The van der Waals surface area contributed by atoms with Gasteiger partial charge in [0.1, 0.15) is 11.5 Å². The number of aromatic hydroxyl groups is 4. The lowest BCUT2D eigenvalue weighted by atomic mass is 10.1. The Kier molecular flexibility index (Phi) is 10.4. The molecule has 52 heavy (non-hydrogen) atoms. The van der Waals surface area contributed by atoms with E-state index in [1.165, 1.54) is 48.5 Å². The number of H-pyrrole nitrogens is 2. The number of aromatic amines is 2. The topological polar surface area (TPSA) is 172 Å². The highest BCUT2D eigenvalue weighted by Crippen LogP contribution is 2.29. The summed E-state index contributed by atoms with van der Waals surface area (Å²) >= 11 is 0. The minimum absolute atomic E-state index is 0.0399. The van der Waals surface area contributed by atoms with Gasteiger partial charge in [-0.2, -0.15) is 0 Å². The number of carbonyl (C=O) groups is 2. The average Bonchev–Trinajstić information content (AvgIpc) is 3.74. The highest BCUT2D eigenvalue weighted by Gasteiger charge is 2.25. The van der Waals surface area contributed by atoms with Gasteiger partial charge in [-0.05, 0) is 95.8 Å². The Balaban J connectivity index is 1.36. The Morgan fingerprint density at radius 1 is 0.615 bits per heavy atom. The lowest BCUT2D eigenvalue weighted by Gasteiger charge is -2.34. The lowest BCUT2D eigenvalue weighted by molar-refractivity contribution is -0.157. The first-order valence-electron chi connectivity index (χ1n) is 16.4. The number of aromatic nitrogens is 2. The van der Waals surface area contributed by atoms with Gasteiger partial charge in [0.05, 0.1) is 14.2 Å². The third-order valence-corrected chi connectivity index (χ3v) is 8.73. The molecule has 0 bridgehead atoms. The van der Waals surface area contributed by atoms with Crippen LogP contribution in [-0.4, -0.2) is 79.5 Å². The summed E-state index contributed by atoms with van der Waals surface area (Å²) in [5.41, 5.74) is 4.44. The van der Waals surface area contributed by atoms with Crippen molar-refractivity contribution in [1.29, 1.82) is 0 Å². The number of hydrogen-bond donors (Lipinski definition) is 6. The predicted molar refractivity (Wildman–Crippen MR) is 198 cm³/mol. The van der Waals surface area contributed by atoms with Crippen LogP contribution in [0.1, 0.15) is 22.3 Å². The lowest BCUT2D eigenvalue weighted by Crippen LogP contribution is -2.50. The first-order valence-corrected chi connectivity index (χ1v) is 16.4. The minimum Gasteiger partial charge on any atom is -0.508 e. The van der Waals surface area contributed by atoms with E-state index in [9.17, 15) is 30.0 Å². The summed E-state index contributed by atoms with van der Waals surface area (Å²) < 4.78 is 10.4. The molecule has 0 aliphatic rings. The Morgan fingerprint density at radius 2 is 1.04 bits per heavy atom. The van der Waals surface area contributed by atoms with Crippen molar-refractivity contribution in [1.82, 2.24) is 20.0 Å². The number of ether oxygens (including phenoxy) is 2. The zero-order valence-corrected chi connectivity index (χ0v) is 28.5. The van der Waals surface area contributed by atoms with E-state index in [0.29, 0.717) is 24.0 Å². The van der Waals surface area contributed by atoms with Crippen LogP contribution in [-0.2, 0) is 22.4 Å². The molecule has 2 amide bonds. The van der Waals surface area contributed by atoms with Crippen molar-refractivity contribution >= 4 is 45.8 Å². The fraction of sp³-hybridized carbons (Fsp3) is 0.150. The number of hydrazine groups is 1. The van der Waals surface area contributed by atoms with Crippen molar-refractivity contribution in [2.45, 2.75) is 12.8 Å². The molecule has 0 radical (unpaired) electrons. The Hall–Kier alpha value is -6.82.